The van der Waals surface area contributed by atoms with Gasteiger partial charge in [-0.1, -0.05) is 98.8 Å². The molecule has 0 aliphatic carbocycles. The van der Waals surface area contributed by atoms with E-state index in [0.29, 0.717) is 32.7 Å². The third-order valence-corrected chi connectivity index (χ3v) is 9.63. The molecular formula is C44H54O11. The van der Waals surface area contributed by atoms with Gasteiger partial charge in [-0.2, -0.15) is 0 Å². The van der Waals surface area contributed by atoms with E-state index in [1.54, 1.807) is 21.3 Å². The molecule has 3 saturated heterocycles. The average molecular weight is 759 g/mol. The Hall–Kier alpha value is -3.88. The lowest BCUT2D eigenvalue weighted by Crippen LogP contribution is -2.57. The third kappa shape index (κ3) is 11.1. The topological polar surface area (TPSA) is 102 Å². The summed E-state index contributed by atoms with van der Waals surface area (Å²) in [7, 11) is 4.90. The lowest BCUT2D eigenvalue weighted by molar-refractivity contribution is -0.373. The van der Waals surface area contributed by atoms with Crippen molar-refractivity contribution in [2.75, 3.05) is 34.5 Å². The zero-order valence-corrected chi connectivity index (χ0v) is 32.3. The quantitative estimate of drug-likeness (QED) is 0.111. The van der Waals surface area contributed by atoms with Crippen LogP contribution in [0.3, 0.4) is 0 Å². The molecular weight excluding hydrogens is 704 g/mol. The molecule has 3 heterocycles. The Morgan fingerprint density at radius 1 is 0.636 bits per heavy atom. The number of hydrogen-bond donors (Lipinski definition) is 0. The number of fused-ring (bicyclic) bond motifs is 1. The lowest BCUT2D eigenvalue weighted by atomic mass is 9.99. The van der Waals surface area contributed by atoms with Crippen LogP contribution in [0, 0.1) is 0 Å². The molecule has 3 aliphatic rings. The Balaban J connectivity index is 0.00000253. The highest BCUT2D eigenvalue weighted by Gasteiger charge is 2.47. The lowest BCUT2D eigenvalue weighted by Gasteiger charge is -2.47. The summed E-state index contributed by atoms with van der Waals surface area (Å²) in [6.07, 6.45) is -3.61. The number of hydrogen-bond acceptors (Lipinski definition) is 11. The van der Waals surface area contributed by atoms with E-state index < -0.39 is 43.5 Å². The fourth-order valence-electron chi connectivity index (χ4n) is 6.78. The van der Waals surface area contributed by atoms with Crippen LogP contribution in [0.1, 0.15) is 61.5 Å². The van der Waals surface area contributed by atoms with Crippen molar-refractivity contribution >= 4 is 0 Å². The van der Waals surface area contributed by atoms with Crippen LogP contribution in [-0.2, 0) is 55.8 Å². The van der Waals surface area contributed by atoms with Crippen molar-refractivity contribution in [2.24, 2.45) is 0 Å². The first-order chi connectivity index (χ1) is 27.1. The van der Waals surface area contributed by atoms with Crippen LogP contribution in [0.5, 0.6) is 11.5 Å². The second-order valence-corrected chi connectivity index (χ2v) is 13.2. The van der Waals surface area contributed by atoms with E-state index in [4.69, 9.17) is 52.1 Å². The maximum atomic E-state index is 6.62. The molecule has 11 nitrogen and oxygen atoms in total. The van der Waals surface area contributed by atoms with Gasteiger partial charge in [0.25, 0.3) is 0 Å². The molecule has 4 aromatic carbocycles. The standard InChI is InChI=1S/C42H48O11.C2H6/c1-43-32-18-14-30(15-19-32)40(45-3)50-34-22-36(47-25-29-12-8-5-9-13-29)42(48-26-34)52-38-23-35(46-24-28-10-6-4-7-11-28)39-37(51-38)27-49-41(53-39)31-16-20-33(44-2)21-17-31;1-2/h4-21,34-42H,22-27H2,1-3H3;1-2H3/t34?,35?,36?,37?,38-,39+,40?,41?,42?;/m1./s1. The Bertz CT molecular complexity index is 1660. The third-order valence-electron chi connectivity index (χ3n) is 9.63. The largest absolute Gasteiger partial charge is 0.497 e. The number of ether oxygens (including phenoxy) is 11. The molecule has 0 saturated carbocycles. The van der Waals surface area contributed by atoms with Gasteiger partial charge in [-0.05, 0) is 35.4 Å². The normalized spacial score (nSPS) is 26.9. The van der Waals surface area contributed by atoms with Gasteiger partial charge in [-0.3, -0.25) is 0 Å². The first-order valence-electron chi connectivity index (χ1n) is 19.0. The number of methoxy groups -OCH3 is 3. The average Bonchev–Trinajstić information content (AvgIpc) is 3.26. The smallest absolute Gasteiger partial charge is 0.186 e. The Morgan fingerprint density at radius 2 is 1.24 bits per heavy atom. The molecule has 0 radical (unpaired) electrons. The van der Waals surface area contributed by atoms with Crippen molar-refractivity contribution in [1.29, 1.82) is 0 Å². The highest BCUT2D eigenvalue weighted by molar-refractivity contribution is 5.29. The van der Waals surface area contributed by atoms with Gasteiger partial charge in [0.1, 0.15) is 29.8 Å². The Morgan fingerprint density at radius 3 is 1.84 bits per heavy atom. The zero-order chi connectivity index (χ0) is 38.4. The van der Waals surface area contributed by atoms with Crippen molar-refractivity contribution in [1.82, 2.24) is 0 Å². The predicted molar refractivity (Wildman–Crippen MR) is 204 cm³/mol. The summed E-state index contributed by atoms with van der Waals surface area (Å²) in [4.78, 5) is 0. The van der Waals surface area contributed by atoms with Crippen molar-refractivity contribution in [3.05, 3.63) is 131 Å². The summed E-state index contributed by atoms with van der Waals surface area (Å²) in [6.45, 7) is 5.36. The molecule has 3 aliphatic heterocycles. The van der Waals surface area contributed by atoms with Gasteiger partial charge < -0.3 is 52.1 Å². The van der Waals surface area contributed by atoms with Gasteiger partial charge in [0.2, 0.25) is 0 Å². The maximum absolute atomic E-state index is 6.62. The van der Waals surface area contributed by atoms with Crippen LogP contribution < -0.4 is 9.47 Å². The molecule has 3 fully saturated rings. The zero-order valence-electron chi connectivity index (χ0n) is 32.3. The van der Waals surface area contributed by atoms with Gasteiger partial charge in [0, 0.05) is 31.1 Å². The molecule has 7 rings (SSSR count). The molecule has 0 N–H and O–H groups in total. The molecule has 0 spiro atoms. The monoisotopic (exact) mass is 758 g/mol. The Labute approximate surface area is 324 Å². The van der Waals surface area contributed by atoms with Gasteiger partial charge in [0.15, 0.2) is 25.2 Å². The minimum atomic E-state index is -0.727. The maximum Gasteiger partial charge on any atom is 0.186 e. The van der Waals surface area contributed by atoms with Crippen LogP contribution in [0.15, 0.2) is 109 Å². The minimum absolute atomic E-state index is 0.272. The van der Waals surface area contributed by atoms with Gasteiger partial charge in [-0.15, -0.1) is 0 Å². The molecule has 55 heavy (non-hydrogen) atoms. The van der Waals surface area contributed by atoms with Crippen molar-refractivity contribution in [2.45, 2.75) is 95.6 Å². The molecule has 4 aromatic rings. The van der Waals surface area contributed by atoms with E-state index in [0.717, 1.165) is 33.8 Å². The second-order valence-electron chi connectivity index (χ2n) is 13.2. The summed E-state index contributed by atoms with van der Waals surface area (Å²) in [5, 5.41) is 0. The molecule has 0 bridgehead atoms. The van der Waals surface area contributed by atoms with E-state index in [1.165, 1.54) is 0 Å². The molecule has 0 amide bonds. The van der Waals surface area contributed by atoms with Crippen LogP contribution in [0.2, 0.25) is 0 Å². The number of benzene rings is 4. The first-order valence-corrected chi connectivity index (χ1v) is 19.0. The number of rotatable bonds is 15. The van der Waals surface area contributed by atoms with Gasteiger partial charge in [0.05, 0.1) is 52.9 Å². The molecule has 7 unspecified atom stereocenters. The van der Waals surface area contributed by atoms with Crippen LogP contribution >= 0.6 is 0 Å². The van der Waals surface area contributed by atoms with Crippen molar-refractivity contribution < 1.29 is 52.1 Å². The van der Waals surface area contributed by atoms with E-state index in [1.807, 2.05) is 123 Å². The fourth-order valence-corrected chi connectivity index (χ4v) is 6.78. The van der Waals surface area contributed by atoms with Gasteiger partial charge >= 0.3 is 0 Å². The summed E-state index contributed by atoms with van der Waals surface area (Å²) in [6, 6.07) is 35.4. The van der Waals surface area contributed by atoms with E-state index >= 15 is 0 Å². The van der Waals surface area contributed by atoms with Crippen molar-refractivity contribution in [3.8, 4) is 11.5 Å². The first kappa shape index (κ1) is 40.8. The highest BCUT2D eigenvalue weighted by atomic mass is 16.8. The van der Waals surface area contributed by atoms with Crippen LogP contribution in [0.4, 0.5) is 0 Å². The second kappa shape index (κ2) is 20.9. The van der Waals surface area contributed by atoms with Crippen LogP contribution in [0.25, 0.3) is 0 Å². The van der Waals surface area contributed by atoms with E-state index in [9.17, 15) is 0 Å². The van der Waals surface area contributed by atoms with E-state index in [2.05, 4.69) is 0 Å². The van der Waals surface area contributed by atoms with Gasteiger partial charge in [-0.25, -0.2) is 0 Å². The molecule has 11 heteroatoms. The molecule has 0 aromatic heterocycles. The summed E-state index contributed by atoms with van der Waals surface area (Å²) in [5.41, 5.74) is 3.85. The fraction of sp³-hybridized carbons (Fsp3) is 0.455. The molecule has 9 atom stereocenters. The SMILES string of the molecule is CC.COc1ccc(C(OC)OC2COC(O[C@@H]3CC(OCc4ccccc4)[C@@H]4OC(c5ccc(OC)cc5)OCC4O3)C(OCc3ccccc3)C2)cc1. The van der Waals surface area contributed by atoms with E-state index in [-0.39, 0.29) is 18.8 Å². The van der Waals surface area contributed by atoms with Crippen molar-refractivity contribution in [3.63, 3.8) is 0 Å². The summed E-state index contributed by atoms with van der Waals surface area (Å²) < 4.78 is 68.1. The van der Waals surface area contributed by atoms with Crippen LogP contribution in [-0.4, -0.2) is 77.6 Å². The predicted octanol–water partition coefficient (Wildman–Crippen LogP) is 7.92. The highest BCUT2D eigenvalue weighted by Crippen LogP contribution is 2.38. The summed E-state index contributed by atoms with van der Waals surface area (Å²) in [5.74, 6) is 1.52. The molecule has 296 valence electrons. The summed E-state index contributed by atoms with van der Waals surface area (Å²) >= 11 is 0. The minimum Gasteiger partial charge on any atom is -0.497 e. The Kier molecular flexibility index (Phi) is 15.5.